The van der Waals surface area contributed by atoms with Gasteiger partial charge in [-0.1, -0.05) is 0 Å². The molecule has 0 aromatic carbocycles. The van der Waals surface area contributed by atoms with Gasteiger partial charge in [0.25, 0.3) is 0 Å². The third-order valence-electron chi connectivity index (χ3n) is 3.08. The fraction of sp³-hybridized carbons (Fsp3) is 0.667. The summed E-state index contributed by atoms with van der Waals surface area (Å²) in [7, 11) is 0. The molecule has 5 nitrogen and oxygen atoms in total. The quantitative estimate of drug-likeness (QED) is 0.822. The van der Waals surface area contributed by atoms with E-state index >= 15 is 0 Å². The molecule has 94 valence electrons. The van der Waals surface area contributed by atoms with E-state index in [0.29, 0.717) is 32.6 Å². The Morgan fingerprint density at radius 1 is 1.41 bits per heavy atom. The van der Waals surface area contributed by atoms with Crippen molar-refractivity contribution >= 4 is 5.82 Å². The summed E-state index contributed by atoms with van der Waals surface area (Å²) in [5.41, 5.74) is 1.04. The van der Waals surface area contributed by atoms with Gasteiger partial charge in [0.2, 0.25) is 0 Å². The van der Waals surface area contributed by atoms with Gasteiger partial charge in [-0.2, -0.15) is 0 Å². The fourth-order valence-electron chi connectivity index (χ4n) is 1.88. The van der Waals surface area contributed by atoms with E-state index < -0.39 is 5.60 Å². The maximum absolute atomic E-state index is 10.3. The molecule has 0 atom stereocenters. The number of ether oxygens (including phenoxy) is 1. The Balaban J connectivity index is 1.99. The molecule has 1 aromatic rings. The van der Waals surface area contributed by atoms with Crippen LogP contribution < -0.4 is 5.32 Å². The van der Waals surface area contributed by atoms with Gasteiger partial charge in [-0.05, 0) is 13.8 Å². The number of aliphatic hydroxyl groups is 1. The van der Waals surface area contributed by atoms with Crippen LogP contribution in [0.15, 0.2) is 6.20 Å². The van der Waals surface area contributed by atoms with Gasteiger partial charge in [0.15, 0.2) is 0 Å². The number of aromatic nitrogens is 2. The Bertz CT molecular complexity index is 389. The summed E-state index contributed by atoms with van der Waals surface area (Å²) in [6.45, 7) is 5.55. The maximum atomic E-state index is 10.3. The molecule has 0 bridgehead atoms. The molecular formula is C12H19N3O2. The van der Waals surface area contributed by atoms with Crippen LogP contribution in [0.4, 0.5) is 5.82 Å². The first-order valence-corrected chi connectivity index (χ1v) is 5.93. The zero-order valence-corrected chi connectivity index (χ0v) is 10.4. The molecule has 2 rings (SSSR count). The van der Waals surface area contributed by atoms with Gasteiger partial charge >= 0.3 is 0 Å². The molecule has 0 saturated carbocycles. The first kappa shape index (κ1) is 12.3. The number of nitrogens with one attached hydrogen (secondary N) is 1. The lowest BCUT2D eigenvalue weighted by Crippen LogP contribution is -2.42. The highest BCUT2D eigenvalue weighted by molar-refractivity contribution is 5.39. The molecule has 2 N–H and O–H groups in total. The van der Waals surface area contributed by atoms with E-state index in [1.54, 1.807) is 6.20 Å². The minimum atomic E-state index is -0.684. The van der Waals surface area contributed by atoms with Gasteiger partial charge < -0.3 is 15.2 Å². The van der Waals surface area contributed by atoms with Gasteiger partial charge in [-0.15, -0.1) is 0 Å². The third-order valence-corrected chi connectivity index (χ3v) is 3.08. The summed E-state index contributed by atoms with van der Waals surface area (Å²) in [5.74, 6) is 0.755. The molecule has 0 radical (unpaired) electrons. The highest BCUT2D eigenvalue weighted by atomic mass is 16.5. The molecule has 1 aliphatic heterocycles. The highest BCUT2D eigenvalue weighted by Gasteiger charge is 2.29. The van der Waals surface area contributed by atoms with Crippen molar-refractivity contribution < 1.29 is 9.84 Å². The Morgan fingerprint density at radius 3 is 2.82 bits per heavy atom. The van der Waals surface area contributed by atoms with Crippen LogP contribution in [0.3, 0.4) is 0 Å². The molecule has 2 heterocycles. The number of nitrogens with zero attached hydrogens (tertiary/aromatic N) is 2. The van der Waals surface area contributed by atoms with Gasteiger partial charge in [-0.25, -0.2) is 4.98 Å². The minimum Gasteiger partial charge on any atom is -0.388 e. The lowest BCUT2D eigenvalue weighted by atomic mass is 9.94. The fourth-order valence-corrected chi connectivity index (χ4v) is 1.88. The topological polar surface area (TPSA) is 67.3 Å². The maximum Gasteiger partial charge on any atom is 0.147 e. The van der Waals surface area contributed by atoms with E-state index in [1.165, 1.54) is 0 Å². The summed E-state index contributed by atoms with van der Waals surface area (Å²) in [6.07, 6.45) is 3.07. The molecule has 1 fully saturated rings. The van der Waals surface area contributed by atoms with Crippen molar-refractivity contribution in [2.24, 2.45) is 0 Å². The van der Waals surface area contributed by atoms with Crippen LogP contribution in [0.25, 0.3) is 0 Å². The lowest BCUT2D eigenvalue weighted by molar-refractivity contribution is -0.0543. The van der Waals surface area contributed by atoms with E-state index in [1.807, 2.05) is 13.8 Å². The SMILES string of the molecule is Cc1cnc(C)c(NCC2(O)CCOCC2)n1. The first-order chi connectivity index (χ1) is 8.09. The molecule has 0 spiro atoms. The molecule has 0 aliphatic carbocycles. The van der Waals surface area contributed by atoms with Crippen LogP contribution in [0, 0.1) is 13.8 Å². The molecule has 1 aliphatic rings. The Labute approximate surface area is 101 Å². The van der Waals surface area contributed by atoms with Gasteiger partial charge in [-0.3, -0.25) is 4.98 Å². The zero-order valence-electron chi connectivity index (χ0n) is 10.4. The number of aryl methyl sites for hydroxylation is 2. The summed E-state index contributed by atoms with van der Waals surface area (Å²) in [4.78, 5) is 8.61. The zero-order chi connectivity index (χ0) is 12.3. The predicted octanol–water partition coefficient (Wildman–Crippen LogP) is 1.05. The number of hydrogen-bond donors (Lipinski definition) is 2. The minimum absolute atomic E-state index is 0.495. The Hall–Kier alpha value is -1.20. The van der Waals surface area contributed by atoms with Gasteiger partial charge in [0.05, 0.1) is 17.0 Å². The van der Waals surface area contributed by atoms with Crippen LogP contribution in [-0.2, 0) is 4.74 Å². The van der Waals surface area contributed by atoms with Crippen LogP contribution >= 0.6 is 0 Å². The summed E-state index contributed by atoms with van der Waals surface area (Å²) in [6, 6.07) is 0. The van der Waals surface area contributed by atoms with Gasteiger partial charge in [0.1, 0.15) is 5.82 Å². The smallest absolute Gasteiger partial charge is 0.147 e. The molecule has 1 saturated heterocycles. The van der Waals surface area contributed by atoms with E-state index in [2.05, 4.69) is 15.3 Å². The monoisotopic (exact) mass is 237 g/mol. The van der Waals surface area contributed by atoms with Crippen molar-refractivity contribution in [3.63, 3.8) is 0 Å². The molecule has 17 heavy (non-hydrogen) atoms. The van der Waals surface area contributed by atoms with Crippen LogP contribution in [0.1, 0.15) is 24.2 Å². The first-order valence-electron chi connectivity index (χ1n) is 5.93. The number of anilines is 1. The lowest BCUT2D eigenvalue weighted by Gasteiger charge is -2.32. The Morgan fingerprint density at radius 2 is 2.12 bits per heavy atom. The third kappa shape index (κ3) is 3.14. The normalized spacial score (nSPS) is 19.0. The molecule has 0 unspecified atom stereocenters. The van der Waals surface area contributed by atoms with Crippen LogP contribution in [0.5, 0.6) is 0 Å². The summed E-state index contributed by atoms with van der Waals surface area (Å²) in [5, 5.41) is 13.5. The van der Waals surface area contributed by atoms with Crippen molar-refractivity contribution in [3.8, 4) is 0 Å². The summed E-state index contributed by atoms with van der Waals surface area (Å²) < 4.78 is 5.24. The second-order valence-electron chi connectivity index (χ2n) is 4.64. The predicted molar refractivity (Wildman–Crippen MR) is 65.0 cm³/mol. The van der Waals surface area contributed by atoms with Gasteiger partial charge in [0, 0.05) is 38.8 Å². The van der Waals surface area contributed by atoms with Crippen molar-refractivity contribution in [1.82, 2.24) is 9.97 Å². The van der Waals surface area contributed by atoms with E-state index in [-0.39, 0.29) is 0 Å². The van der Waals surface area contributed by atoms with Crippen molar-refractivity contribution in [2.75, 3.05) is 25.1 Å². The molecular weight excluding hydrogens is 218 g/mol. The van der Waals surface area contributed by atoms with Crippen LogP contribution in [-0.4, -0.2) is 40.4 Å². The largest absolute Gasteiger partial charge is 0.388 e. The van der Waals surface area contributed by atoms with E-state index in [0.717, 1.165) is 17.2 Å². The van der Waals surface area contributed by atoms with Crippen LogP contribution in [0.2, 0.25) is 0 Å². The Kier molecular flexibility index (Phi) is 3.59. The second kappa shape index (κ2) is 4.98. The summed E-state index contributed by atoms with van der Waals surface area (Å²) >= 11 is 0. The van der Waals surface area contributed by atoms with E-state index in [9.17, 15) is 5.11 Å². The number of hydrogen-bond acceptors (Lipinski definition) is 5. The van der Waals surface area contributed by atoms with E-state index in [4.69, 9.17) is 4.74 Å². The van der Waals surface area contributed by atoms with Crippen molar-refractivity contribution in [2.45, 2.75) is 32.3 Å². The number of rotatable bonds is 3. The average molecular weight is 237 g/mol. The molecule has 5 heteroatoms. The average Bonchev–Trinajstić information content (AvgIpc) is 2.31. The second-order valence-corrected chi connectivity index (χ2v) is 4.64. The highest BCUT2D eigenvalue weighted by Crippen LogP contribution is 2.21. The molecule has 0 amide bonds. The van der Waals surface area contributed by atoms with Crippen molar-refractivity contribution in [3.05, 3.63) is 17.6 Å². The standard InChI is InChI=1S/C12H19N3O2/c1-9-7-13-10(2)11(15-9)14-8-12(16)3-5-17-6-4-12/h7,16H,3-6,8H2,1-2H3,(H,14,15). The van der Waals surface area contributed by atoms with Crippen molar-refractivity contribution in [1.29, 1.82) is 0 Å². The molecule has 1 aromatic heterocycles.